The Balaban J connectivity index is 1.44. The number of carbonyl (C=O) groups excluding carboxylic acids is 1. The van der Waals surface area contributed by atoms with Crippen LogP contribution < -0.4 is 5.32 Å². The molecular weight excluding hydrogens is 317 g/mol. The summed E-state index contributed by atoms with van der Waals surface area (Å²) in [6.45, 7) is 6.51. The molecule has 1 N–H and O–H groups in total. The van der Waals surface area contributed by atoms with Gasteiger partial charge in [-0.15, -0.1) is 0 Å². The van der Waals surface area contributed by atoms with E-state index in [-0.39, 0.29) is 11.8 Å². The van der Waals surface area contributed by atoms with Gasteiger partial charge in [-0.1, -0.05) is 42.0 Å². The fourth-order valence-corrected chi connectivity index (χ4v) is 3.11. The molecule has 0 radical (unpaired) electrons. The Morgan fingerprint density at radius 1 is 1.04 bits per heavy atom. The minimum atomic E-state index is -0.281. The van der Waals surface area contributed by atoms with Gasteiger partial charge in [-0.2, -0.15) is 0 Å². The van der Waals surface area contributed by atoms with Crippen LogP contribution in [-0.4, -0.2) is 42.0 Å². The van der Waals surface area contributed by atoms with Gasteiger partial charge < -0.3 is 10.2 Å². The SMILES string of the molecule is Cc1cccc(CN2CCN(C(=O)NCc3cccc(F)c3)CC2)c1. The summed E-state index contributed by atoms with van der Waals surface area (Å²) in [5, 5.41) is 2.87. The number of urea groups is 1. The van der Waals surface area contributed by atoms with E-state index >= 15 is 0 Å². The van der Waals surface area contributed by atoms with Crippen LogP contribution in [0.2, 0.25) is 0 Å². The van der Waals surface area contributed by atoms with E-state index in [1.807, 2.05) is 11.0 Å². The Morgan fingerprint density at radius 3 is 2.48 bits per heavy atom. The normalized spacial score (nSPS) is 15.2. The van der Waals surface area contributed by atoms with Crippen molar-refractivity contribution >= 4 is 6.03 Å². The van der Waals surface area contributed by atoms with Gasteiger partial charge >= 0.3 is 6.03 Å². The number of benzene rings is 2. The van der Waals surface area contributed by atoms with Crippen LogP contribution in [0.4, 0.5) is 9.18 Å². The van der Waals surface area contributed by atoms with E-state index in [4.69, 9.17) is 0 Å². The molecule has 132 valence electrons. The molecule has 0 bridgehead atoms. The minimum Gasteiger partial charge on any atom is -0.334 e. The molecule has 1 fully saturated rings. The summed E-state index contributed by atoms with van der Waals surface area (Å²) >= 11 is 0. The van der Waals surface area contributed by atoms with Gasteiger partial charge in [0.15, 0.2) is 0 Å². The first-order valence-electron chi connectivity index (χ1n) is 8.65. The van der Waals surface area contributed by atoms with Gasteiger partial charge in [-0.3, -0.25) is 4.90 Å². The monoisotopic (exact) mass is 341 g/mol. The molecule has 4 nitrogen and oxygen atoms in total. The number of piperazine rings is 1. The number of aryl methyl sites for hydroxylation is 1. The van der Waals surface area contributed by atoms with Crippen LogP contribution in [-0.2, 0) is 13.1 Å². The third-order valence-electron chi connectivity index (χ3n) is 4.48. The molecule has 0 saturated carbocycles. The smallest absolute Gasteiger partial charge is 0.317 e. The molecule has 0 unspecified atom stereocenters. The molecule has 0 aliphatic carbocycles. The highest BCUT2D eigenvalue weighted by molar-refractivity contribution is 5.74. The highest BCUT2D eigenvalue weighted by atomic mass is 19.1. The number of nitrogens with zero attached hydrogens (tertiary/aromatic N) is 2. The van der Waals surface area contributed by atoms with Crippen LogP contribution in [0.15, 0.2) is 48.5 Å². The summed E-state index contributed by atoms with van der Waals surface area (Å²) in [7, 11) is 0. The zero-order valence-electron chi connectivity index (χ0n) is 14.5. The Hall–Kier alpha value is -2.40. The number of hydrogen-bond donors (Lipinski definition) is 1. The summed E-state index contributed by atoms with van der Waals surface area (Å²) in [6.07, 6.45) is 0. The van der Waals surface area contributed by atoms with E-state index < -0.39 is 0 Å². The number of halogens is 1. The average molecular weight is 341 g/mol. The standard InChI is InChI=1S/C20H24FN3O/c1-16-4-2-6-18(12-16)15-23-8-10-24(11-9-23)20(25)22-14-17-5-3-7-19(21)13-17/h2-7,12-13H,8-11,14-15H2,1H3,(H,22,25). The summed E-state index contributed by atoms with van der Waals surface area (Å²) in [4.78, 5) is 16.5. The summed E-state index contributed by atoms with van der Waals surface area (Å²) in [6, 6.07) is 14.8. The van der Waals surface area contributed by atoms with E-state index in [0.29, 0.717) is 19.6 Å². The highest BCUT2D eigenvalue weighted by Crippen LogP contribution is 2.11. The Morgan fingerprint density at radius 2 is 1.76 bits per heavy atom. The highest BCUT2D eigenvalue weighted by Gasteiger charge is 2.20. The molecule has 3 rings (SSSR count). The van der Waals surface area contributed by atoms with Crippen molar-refractivity contribution in [1.29, 1.82) is 0 Å². The third-order valence-corrected chi connectivity index (χ3v) is 4.48. The molecule has 5 heteroatoms. The Labute approximate surface area is 148 Å². The van der Waals surface area contributed by atoms with Crippen LogP contribution >= 0.6 is 0 Å². The van der Waals surface area contributed by atoms with Crippen LogP contribution in [0.3, 0.4) is 0 Å². The fraction of sp³-hybridized carbons (Fsp3) is 0.350. The summed E-state index contributed by atoms with van der Waals surface area (Å²) in [5.74, 6) is -0.281. The van der Waals surface area contributed by atoms with Crippen LogP contribution in [0.1, 0.15) is 16.7 Å². The van der Waals surface area contributed by atoms with Crippen LogP contribution in [0, 0.1) is 12.7 Å². The van der Waals surface area contributed by atoms with Crippen molar-refractivity contribution in [2.24, 2.45) is 0 Å². The number of amides is 2. The number of rotatable bonds is 4. The van der Waals surface area contributed by atoms with Gasteiger partial charge in [0.25, 0.3) is 0 Å². The van der Waals surface area contributed by atoms with E-state index in [1.165, 1.54) is 23.3 Å². The third kappa shape index (κ3) is 5.03. The molecule has 25 heavy (non-hydrogen) atoms. The second-order valence-corrected chi connectivity index (χ2v) is 6.54. The summed E-state index contributed by atoms with van der Waals surface area (Å²) in [5.41, 5.74) is 3.35. The lowest BCUT2D eigenvalue weighted by Crippen LogP contribution is -2.51. The van der Waals surface area contributed by atoms with Gasteiger partial charge in [-0.25, -0.2) is 9.18 Å². The van der Waals surface area contributed by atoms with Crippen molar-refractivity contribution in [1.82, 2.24) is 15.1 Å². The Bertz CT molecular complexity index is 726. The number of nitrogens with one attached hydrogen (secondary N) is 1. The van der Waals surface area contributed by atoms with Crippen LogP contribution in [0.5, 0.6) is 0 Å². The molecule has 1 aliphatic heterocycles. The van der Waals surface area contributed by atoms with Crippen molar-refractivity contribution in [3.8, 4) is 0 Å². The maximum atomic E-state index is 13.2. The molecule has 1 saturated heterocycles. The molecule has 2 aromatic rings. The largest absolute Gasteiger partial charge is 0.334 e. The van der Waals surface area contributed by atoms with Crippen molar-refractivity contribution in [2.45, 2.75) is 20.0 Å². The second kappa shape index (κ2) is 8.12. The maximum Gasteiger partial charge on any atom is 0.317 e. The molecule has 0 aromatic heterocycles. The van der Waals surface area contributed by atoms with Gasteiger partial charge in [0, 0.05) is 39.3 Å². The quantitative estimate of drug-likeness (QED) is 0.927. The van der Waals surface area contributed by atoms with Gasteiger partial charge in [0.2, 0.25) is 0 Å². The summed E-state index contributed by atoms with van der Waals surface area (Å²) < 4.78 is 13.2. The van der Waals surface area contributed by atoms with Crippen molar-refractivity contribution in [3.05, 3.63) is 71.0 Å². The van der Waals surface area contributed by atoms with E-state index in [0.717, 1.165) is 25.2 Å². The predicted octanol–water partition coefficient (Wildman–Crippen LogP) is 3.16. The van der Waals surface area contributed by atoms with Crippen molar-refractivity contribution in [2.75, 3.05) is 26.2 Å². The first-order chi connectivity index (χ1) is 12.1. The maximum absolute atomic E-state index is 13.2. The van der Waals surface area contributed by atoms with E-state index in [2.05, 4.69) is 41.4 Å². The molecule has 0 atom stereocenters. The molecule has 2 amide bonds. The zero-order chi connectivity index (χ0) is 17.6. The first kappa shape index (κ1) is 17.4. The first-order valence-corrected chi connectivity index (χ1v) is 8.65. The lowest BCUT2D eigenvalue weighted by Gasteiger charge is -2.34. The lowest BCUT2D eigenvalue weighted by atomic mass is 10.1. The second-order valence-electron chi connectivity index (χ2n) is 6.54. The van der Waals surface area contributed by atoms with Gasteiger partial charge in [0.1, 0.15) is 5.82 Å². The molecule has 0 spiro atoms. The lowest BCUT2D eigenvalue weighted by molar-refractivity contribution is 0.135. The van der Waals surface area contributed by atoms with Gasteiger partial charge in [-0.05, 0) is 30.2 Å². The minimum absolute atomic E-state index is 0.0838. The molecular formula is C20H24FN3O. The van der Waals surface area contributed by atoms with Crippen molar-refractivity contribution < 1.29 is 9.18 Å². The molecule has 1 aliphatic rings. The van der Waals surface area contributed by atoms with Gasteiger partial charge in [0.05, 0.1) is 0 Å². The van der Waals surface area contributed by atoms with Crippen molar-refractivity contribution in [3.63, 3.8) is 0 Å². The van der Waals surface area contributed by atoms with E-state index in [1.54, 1.807) is 6.07 Å². The predicted molar refractivity (Wildman–Crippen MR) is 96.7 cm³/mol. The number of hydrogen-bond acceptors (Lipinski definition) is 2. The van der Waals surface area contributed by atoms with Crippen LogP contribution in [0.25, 0.3) is 0 Å². The topological polar surface area (TPSA) is 35.6 Å². The molecule has 1 heterocycles. The fourth-order valence-electron chi connectivity index (χ4n) is 3.11. The average Bonchev–Trinajstić information content (AvgIpc) is 2.60. The number of carbonyl (C=O) groups is 1. The zero-order valence-corrected chi connectivity index (χ0v) is 14.5. The van der Waals surface area contributed by atoms with E-state index in [9.17, 15) is 9.18 Å². The Kier molecular flexibility index (Phi) is 5.66. The molecule has 2 aromatic carbocycles.